The van der Waals surface area contributed by atoms with Crippen molar-refractivity contribution in [1.82, 2.24) is 5.32 Å². The number of hydrogen-bond acceptors (Lipinski definition) is 3. The fourth-order valence-corrected chi connectivity index (χ4v) is 3.89. The molecule has 0 radical (unpaired) electrons. The molecule has 3 nitrogen and oxygen atoms in total. The van der Waals surface area contributed by atoms with Crippen molar-refractivity contribution in [2.75, 3.05) is 0 Å². The molecular weight excluding hydrogens is 292 g/mol. The molecule has 1 aromatic carbocycles. The number of nitrogens with two attached hydrogens (primary N) is 1. The average Bonchev–Trinajstić information content (AvgIpc) is 3.02. The Morgan fingerprint density at radius 1 is 1.45 bits per heavy atom. The summed E-state index contributed by atoms with van der Waals surface area (Å²) in [7, 11) is 0. The fraction of sp³-hybridized carbons (Fsp3) is 0.400. The van der Waals surface area contributed by atoms with Gasteiger partial charge in [0.25, 0.3) is 0 Å². The zero-order valence-electron chi connectivity index (χ0n) is 11.1. The van der Waals surface area contributed by atoms with E-state index in [1.165, 1.54) is 4.70 Å². The molecule has 0 saturated heterocycles. The number of rotatable bonds is 3. The van der Waals surface area contributed by atoms with Gasteiger partial charge in [-0.3, -0.25) is 4.79 Å². The Labute approximate surface area is 127 Å². The summed E-state index contributed by atoms with van der Waals surface area (Å²) < 4.78 is 1.20. The lowest BCUT2D eigenvalue weighted by Gasteiger charge is -2.10. The van der Waals surface area contributed by atoms with Crippen LogP contribution in [0.2, 0.25) is 5.02 Å². The molecule has 0 unspecified atom stereocenters. The molecule has 3 rings (SSSR count). The van der Waals surface area contributed by atoms with Gasteiger partial charge >= 0.3 is 0 Å². The highest BCUT2D eigenvalue weighted by Crippen LogP contribution is 2.29. The van der Waals surface area contributed by atoms with E-state index in [4.69, 9.17) is 17.3 Å². The first kappa shape index (κ1) is 13.9. The SMILES string of the molecule is N[C@@H]1CC[C@H](C(=O)NCc2csc3ccc(Cl)cc23)C1. The molecule has 5 heteroatoms. The van der Waals surface area contributed by atoms with E-state index in [1.807, 2.05) is 18.2 Å². The summed E-state index contributed by atoms with van der Waals surface area (Å²) in [6.07, 6.45) is 2.67. The zero-order valence-corrected chi connectivity index (χ0v) is 12.6. The number of halogens is 1. The largest absolute Gasteiger partial charge is 0.352 e. The van der Waals surface area contributed by atoms with Crippen LogP contribution in [0.1, 0.15) is 24.8 Å². The van der Waals surface area contributed by atoms with Gasteiger partial charge in [0.2, 0.25) is 5.91 Å². The van der Waals surface area contributed by atoms with E-state index in [0.717, 1.165) is 35.2 Å². The van der Waals surface area contributed by atoms with Crippen LogP contribution in [0.5, 0.6) is 0 Å². The fourth-order valence-electron chi connectivity index (χ4n) is 2.77. The van der Waals surface area contributed by atoms with E-state index in [0.29, 0.717) is 6.54 Å². The van der Waals surface area contributed by atoms with Gasteiger partial charge < -0.3 is 11.1 Å². The van der Waals surface area contributed by atoms with Crippen molar-refractivity contribution in [3.63, 3.8) is 0 Å². The summed E-state index contributed by atoms with van der Waals surface area (Å²) in [6, 6.07) is 6.05. The van der Waals surface area contributed by atoms with Crippen molar-refractivity contribution < 1.29 is 4.79 Å². The zero-order chi connectivity index (χ0) is 14.1. The van der Waals surface area contributed by atoms with E-state index in [1.54, 1.807) is 11.3 Å². The lowest BCUT2D eigenvalue weighted by molar-refractivity contribution is -0.125. The summed E-state index contributed by atoms with van der Waals surface area (Å²) >= 11 is 7.71. The molecule has 1 aliphatic rings. The Bertz CT molecular complexity index is 640. The predicted octanol–water partition coefficient (Wildman–Crippen LogP) is 3.30. The Kier molecular flexibility index (Phi) is 3.96. The van der Waals surface area contributed by atoms with Crippen molar-refractivity contribution in [3.8, 4) is 0 Å². The molecule has 20 heavy (non-hydrogen) atoms. The Morgan fingerprint density at radius 3 is 3.05 bits per heavy atom. The second-order valence-corrected chi connectivity index (χ2v) is 6.74. The van der Waals surface area contributed by atoms with Crippen LogP contribution >= 0.6 is 22.9 Å². The molecule has 1 fully saturated rings. The smallest absolute Gasteiger partial charge is 0.223 e. The summed E-state index contributed by atoms with van der Waals surface area (Å²) in [5.74, 6) is 0.206. The van der Waals surface area contributed by atoms with Crippen LogP contribution in [0.4, 0.5) is 0 Å². The number of carbonyl (C=O) groups is 1. The molecule has 0 aliphatic heterocycles. The van der Waals surface area contributed by atoms with Crippen LogP contribution in [0, 0.1) is 5.92 Å². The maximum absolute atomic E-state index is 12.1. The second kappa shape index (κ2) is 5.72. The van der Waals surface area contributed by atoms with Crippen molar-refractivity contribution in [3.05, 3.63) is 34.2 Å². The molecule has 1 aromatic heterocycles. The van der Waals surface area contributed by atoms with E-state index in [9.17, 15) is 4.79 Å². The summed E-state index contributed by atoms with van der Waals surface area (Å²) in [5, 5.41) is 6.97. The van der Waals surface area contributed by atoms with Crippen LogP contribution in [-0.2, 0) is 11.3 Å². The van der Waals surface area contributed by atoms with Crippen LogP contribution in [-0.4, -0.2) is 11.9 Å². The number of thiophene rings is 1. The predicted molar refractivity (Wildman–Crippen MR) is 84.0 cm³/mol. The number of nitrogens with one attached hydrogen (secondary N) is 1. The molecule has 2 atom stereocenters. The highest BCUT2D eigenvalue weighted by Gasteiger charge is 2.27. The third-order valence-electron chi connectivity index (χ3n) is 3.91. The van der Waals surface area contributed by atoms with Gasteiger partial charge in [-0.2, -0.15) is 0 Å². The average molecular weight is 309 g/mol. The van der Waals surface area contributed by atoms with Gasteiger partial charge in [-0.1, -0.05) is 11.6 Å². The summed E-state index contributed by atoms with van der Waals surface area (Å²) in [6.45, 7) is 0.560. The van der Waals surface area contributed by atoms with Crippen LogP contribution in [0.3, 0.4) is 0 Å². The maximum atomic E-state index is 12.1. The minimum Gasteiger partial charge on any atom is -0.352 e. The molecule has 0 spiro atoms. The number of amides is 1. The Hall–Kier alpha value is -1.10. The normalized spacial score (nSPS) is 22.3. The van der Waals surface area contributed by atoms with Gasteiger partial charge in [0.05, 0.1) is 0 Å². The minimum atomic E-state index is 0.0819. The molecule has 2 aromatic rings. The molecule has 1 saturated carbocycles. The van der Waals surface area contributed by atoms with Crippen molar-refractivity contribution >= 4 is 38.9 Å². The van der Waals surface area contributed by atoms with Crippen LogP contribution in [0.15, 0.2) is 23.6 Å². The molecule has 0 bridgehead atoms. The standard InChI is InChI=1S/C15H17ClN2OS/c16-11-2-4-14-13(6-11)10(8-20-14)7-18-15(19)9-1-3-12(17)5-9/h2,4,6,8-9,12H,1,3,5,7,17H2,(H,18,19)/t9-,12+/m0/s1. The number of fused-ring (bicyclic) bond motifs is 1. The van der Waals surface area contributed by atoms with E-state index >= 15 is 0 Å². The van der Waals surface area contributed by atoms with E-state index in [-0.39, 0.29) is 17.9 Å². The third kappa shape index (κ3) is 2.82. The first-order chi connectivity index (χ1) is 9.63. The molecule has 1 aliphatic carbocycles. The molecule has 3 N–H and O–H groups in total. The van der Waals surface area contributed by atoms with Gasteiger partial charge in [-0.15, -0.1) is 11.3 Å². The third-order valence-corrected chi connectivity index (χ3v) is 5.16. The lowest BCUT2D eigenvalue weighted by atomic mass is 10.1. The minimum absolute atomic E-state index is 0.0819. The maximum Gasteiger partial charge on any atom is 0.223 e. The lowest BCUT2D eigenvalue weighted by Crippen LogP contribution is -2.29. The van der Waals surface area contributed by atoms with Crippen LogP contribution in [0.25, 0.3) is 10.1 Å². The monoisotopic (exact) mass is 308 g/mol. The van der Waals surface area contributed by atoms with Gasteiger partial charge in [-0.25, -0.2) is 0 Å². The quantitative estimate of drug-likeness (QED) is 0.914. The van der Waals surface area contributed by atoms with Crippen molar-refractivity contribution in [2.45, 2.75) is 31.8 Å². The molecule has 106 valence electrons. The van der Waals surface area contributed by atoms with E-state index in [2.05, 4.69) is 10.7 Å². The Morgan fingerprint density at radius 2 is 2.30 bits per heavy atom. The van der Waals surface area contributed by atoms with Gasteiger partial charge in [0.1, 0.15) is 0 Å². The van der Waals surface area contributed by atoms with Gasteiger partial charge in [0.15, 0.2) is 0 Å². The Balaban J connectivity index is 1.68. The van der Waals surface area contributed by atoms with Crippen molar-refractivity contribution in [2.24, 2.45) is 11.7 Å². The highest BCUT2D eigenvalue weighted by atomic mass is 35.5. The first-order valence-corrected chi connectivity index (χ1v) is 8.08. The first-order valence-electron chi connectivity index (χ1n) is 6.82. The van der Waals surface area contributed by atoms with Gasteiger partial charge in [0, 0.05) is 28.2 Å². The van der Waals surface area contributed by atoms with Crippen LogP contribution < -0.4 is 11.1 Å². The molecular formula is C15H17ClN2OS. The molecule has 1 heterocycles. The topological polar surface area (TPSA) is 55.1 Å². The summed E-state index contributed by atoms with van der Waals surface area (Å²) in [5.41, 5.74) is 6.98. The number of carbonyl (C=O) groups excluding carboxylic acids is 1. The molecule has 1 amide bonds. The second-order valence-electron chi connectivity index (χ2n) is 5.39. The van der Waals surface area contributed by atoms with Gasteiger partial charge in [-0.05, 0) is 53.8 Å². The van der Waals surface area contributed by atoms with Crippen molar-refractivity contribution in [1.29, 1.82) is 0 Å². The van der Waals surface area contributed by atoms with E-state index < -0.39 is 0 Å². The summed E-state index contributed by atoms with van der Waals surface area (Å²) in [4.78, 5) is 12.1. The number of hydrogen-bond donors (Lipinski definition) is 2. The highest BCUT2D eigenvalue weighted by molar-refractivity contribution is 7.17. The number of benzene rings is 1.